The Balaban J connectivity index is 2.04. The molecule has 0 spiro atoms. The van der Waals surface area contributed by atoms with E-state index in [1.807, 2.05) is 0 Å². The second kappa shape index (κ2) is 5.28. The van der Waals surface area contributed by atoms with Crippen LogP contribution in [0.25, 0.3) is 44.3 Å². The average molecular weight is 335 g/mol. The molecule has 1 heterocycles. The molecule has 126 valence electrons. The van der Waals surface area contributed by atoms with Crippen molar-refractivity contribution in [1.82, 2.24) is 4.98 Å². The van der Waals surface area contributed by atoms with Crippen LogP contribution in [0.3, 0.4) is 0 Å². The van der Waals surface area contributed by atoms with Gasteiger partial charge in [0.15, 0.2) is 0 Å². The van der Waals surface area contributed by atoms with Crippen LogP contribution in [0.4, 0.5) is 0 Å². The Morgan fingerprint density at radius 3 is 1.81 bits per heavy atom. The third kappa shape index (κ3) is 2.07. The van der Waals surface area contributed by atoms with Gasteiger partial charge < -0.3 is 0 Å². The summed E-state index contributed by atoms with van der Waals surface area (Å²) in [5.41, 5.74) is 8.78. The van der Waals surface area contributed by atoms with Crippen molar-refractivity contribution < 1.29 is 0 Å². The van der Waals surface area contributed by atoms with Crippen molar-refractivity contribution in [2.45, 2.75) is 26.2 Å². The van der Waals surface area contributed by atoms with Crippen LogP contribution in [-0.4, -0.2) is 4.98 Å². The minimum Gasteiger partial charge on any atom is -0.255 e. The Morgan fingerprint density at radius 2 is 1.15 bits per heavy atom. The maximum atomic E-state index is 4.99. The number of rotatable bonds is 0. The van der Waals surface area contributed by atoms with Gasteiger partial charge in [-0.1, -0.05) is 87.5 Å². The SMILES string of the molecule is CC(C)(C)c1cnc2c3c(cccc13)-c1ccccc1-c1ccccc1-2. The molecule has 0 aliphatic heterocycles. The first kappa shape index (κ1) is 15.3. The standard InChI is InChI=1S/C25H21N/c1-25(2,3)22-15-26-24-20-12-7-6-11-18(20)16-9-4-5-10-17(16)19-13-8-14-21(22)23(19)24/h4-15H,1-3H3. The predicted molar refractivity (Wildman–Crippen MR) is 110 cm³/mol. The summed E-state index contributed by atoms with van der Waals surface area (Å²) in [4.78, 5) is 4.99. The summed E-state index contributed by atoms with van der Waals surface area (Å²) in [6.45, 7) is 6.78. The van der Waals surface area contributed by atoms with Gasteiger partial charge in [0.05, 0.1) is 5.69 Å². The van der Waals surface area contributed by atoms with Gasteiger partial charge in [-0.15, -0.1) is 0 Å². The normalized spacial score (nSPS) is 12.4. The third-order valence-electron chi connectivity index (χ3n) is 5.41. The highest BCUT2D eigenvalue weighted by molar-refractivity contribution is 6.12. The van der Waals surface area contributed by atoms with E-state index in [-0.39, 0.29) is 5.41 Å². The average Bonchev–Trinajstić information content (AvgIpc) is 2.77. The number of pyridine rings is 1. The lowest BCUT2D eigenvalue weighted by atomic mass is 9.83. The van der Waals surface area contributed by atoms with Gasteiger partial charge in [-0.25, -0.2) is 0 Å². The smallest absolute Gasteiger partial charge is 0.0793 e. The molecule has 0 atom stereocenters. The van der Waals surface area contributed by atoms with E-state index in [1.54, 1.807) is 0 Å². The molecule has 1 nitrogen and oxygen atoms in total. The highest BCUT2D eigenvalue weighted by atomic mass is 14.7. The van der Waals surface area contributed by atoms with Crippen molar-refractivity contribution in [3.8, 4) is 33.5 Å². The molecular formula is C25H21N. The monoisotopic (exact) mass is 335 g/mol. The van der Waals surface area contributed by atoms with Crippen molar-refractivity contribution >= 4 is 10.8 Å². The van der Waals surface area contributed by atoms with Crippen molar-refractivity contribution in [3.05, 3.63) is 78.5 Å². The van der Waals surface area contributed by atoms with Gasteiger partial charge in [-0.3, -0.25) is 4.98 Å². The minimum atomic E-state index is 0.0511. The van der Waals surface area contributed by atoms with Gasteiger partial charge in [0.2, 0.25) is 0 Å². The van der Waals surface area contributed by atoms with Crippen LogP contribution in [0.15, 0.2) is 72.9 Å². The zero-order valence-electron chi connectivity index (χ0n) is 15.4. The van der Waals surface area contributed by atoms with E-state index >= 15 is 0 Å². The fourth-order valence-electron chi connectivity index (χ4n) is 4.20. The number of nitrogens with zero attached hydrogens (tertiary/aromatic N) is 1. The molecule has 3 aromatic carbocycles. The van der Waals surface area contributed by atoms with E-state index < -0.39 is 0 Å². The highest BCUT2D eigenvalue weighted by Gasteiger charge is 2.25. The minimum absolute atomic E-state index is 0.0511. The van der Waals surface area contributed by atoms with E-state index in [2.05, 4.69) is 93.7 Å². The topological polar surface area (TPSA) is 12.9 Å². The lowest BCUT2D eigenvalue weighted by Gasteiger charge is -2.22. The summed E-state index contributed by atoms with van der Waals surface area (Å²) in [5.74, 6) is 0. The maximum absolute atomic E-state index is 4.99. The molecule has 0 fully saturated rings. The zero-order chi connectivity index (χ0) is 17.9. The summed E-state index contributed by atoms with van der Waals surface area (Å²) in [6.07, 6.45) is 2.08. The van der Waals surface area contributed by atoms with Gasteiger partial charge in [0.25, 0.3) is 0 Å². The van der Waals surface area contributed by atoms with Crippen LogP contribution in [-0.2, 0) is 5.41 Å². The highest BCUT2D eigenvalue weighted by Crippen LogP contribution is 2.47. The molecule has 1 aliphatic rings. The molecule has 0 unspecified atom stereocenters. The van der Waals surface area contributed by atoms with Crippen LogP contribution >= 0.6 is 0 Å². The van der Waals surface area contributed by atoms with Crippen LogP contribution in [0.1, 0.15) is 26.3 Å². The summed E-state index contributed by atoms with van der Waals surface area (Å²) in [7, 11) is 0. The van der Waals surface area contributed by atoms with Gasteiger partial charge >= 0.3 is 0 Å². The van der Waals surface area contributed by atoms with E-state index in [1.165, 1.54) is 44.2 Å². The summed E-state index contributed by atoms with van der Waals surface area (Å²) in [5, 5.41) is 2.59. The maximum Gasteiger partial charge on any atom is 0.0793 e. The van der Waals surface area contributed by atoms with Crippen LogP contribution in [0, 0.1) is 0 Å². The number of fused-ring (bicyclic) bond motifs is 5. The molecule has 0 N–H and O–H groups in total. The molecule has 0 bridgehead atoms. The molecule has 26 heavy (non-hydrogen) atoms. The van der Waals surface area contributed by atoms with Crippen molar-refractivity contribution in [3.63, 3.8) is 0 Å². The van der Waals surface area contributed by atoms with E-state index in [0.717, 1.165) is 5.69 Å². The Bertz CT molecular complexity index is 1110. The summed E-state index contributed by atoms with van der Waals surface area (Å²) < 4.78 is 0. The summed E-state index contributed by atoms with van der Waals surface area (Å²) in [6, 6.07) is 24.0. The lowest BCUT2D eigenvalue weighted by Crippen LogP contribution is -2.12. The predicted octanol–water partition coefficient (Wildman–Crippen LogP) is 6.85. The Kier molecular flexibility index (Phi) is 3.12. The van der Waals surface area contributed by atoms with Crippen LogP contribution < -0.4 is 0 Å². The fraction of sp³-hybridized carbons (Fsp3) is 0.160. The Morgan fingerprint density at radius 1 is 0.615 bits per heavy atom. The van der Waals surface area contributed by atoms with Crippen LogP contribution in [0.2, 0.25) is 0 Å². The Hall–Kier alpha value is -2.93. The first-order valence-corrected chi connectivity index (χ1v) is 9.17. The van der Waals surface area contributed by atoms with E-state index in [0.29, 0.717) is 0 Å². The second-order valence-electron chi connectivity index (χ2n) is 8.09. The molecule has 0 saturated heterocycles. The zero-order valence-corrected chi connectivity index (χ0v) is 15.4. The van der Waals surface area contributed by atoms with E-state index in [9.17, 15) is 0 Å². The third-order valence-corrected chi connectivity index (χ3v) is 5.41. The number of hydrogen-bond donors (Lipinski definition) is 0. The second-order valence-corrected chi connectivity index (χ2v) is 8.09. The molecule has 0 saturated carbocycles. The molecule has 0 radical (unpaired) electrons. The molecule has 0 amide bonds. The van der Waals surface area contributed by atoms with Crippen molar-refractivity contribution in [2.75, 3.05) is 0 Å². The van der Waals surface area contributed by atoms with Gasteiger partial charge in [0.1, 0.15) is 0 Å². The number of hydrogen-bond acceptors (Lipinski definition) is 1. The number of aromatic nitrogens is 1. The molecule has 1 heteroatoms. The van der Waals surface area contributed by atoms with Gasteiger partial charge in [-0.05, 0) is 38.6 Å². The fourth-order valence-corrected chi connectivity index (χ4v) is 4.20. The molecule has 1 aromatic heterocycles. The van der Waals surface area contributed by atoms with Crippen LogP contribution in [0.5, 0.6) is 0 Å². The molecule has 1 aliphatic carbocycles. The van der Waals surface area contributed by atoms with Crippen molar-refractivity contribution in [1.29, 1.82) is 0 Å². The first-order valence-electron chi connectivity index (χ1n) is 9.17. The quantitative estimate of drug-likeness (QED) is 0.302. The first-order chi connectivity index (χ1) is 12.6. The number of benzene rings is 3. The molecule has 5 rings (SSSR count). The largest absolute Gasteiger partial charge is 0.255 e. The molecule has 4 aromatic rings. The van der Waals surface area contributed by atoms with Gasteiger partial charge in [0, 0.05) is 17.1 Å². The lowest BCUT2D eigenvalue weighted by molar-refractivity contribution is 0.593. The molecular weight excluding hydrogens is 314 g/mol. The van der Waals surface area contributed by atoms with E-state index in [4.69, 9.17) is 4.98 Å². The van der Waals surface area contributed by atoms with Crippen molar-refractivity contribution in [2.24, 2.45) is 0 Å². The summed E-state index contributed by atoms with van der Waals surface area (Å²) >= 11 is 0. The Labute approximate surface area is 154 Å². The van der Waals surface area contributed by atoms with Gasteiger partial charge in [-0.2, -0.15) is 0 Å².